The summed E-state index contributed by atoms with van der Waals surface area (Å²) in [6.07, 6.45) is 0.999. The van der Waals surface area contributed by atoms with Crippen molar-refractivity contribution in [2.24, 2.45) is 5.92 Å². The normalized spacial score (nSPS) is 11.9. The lowest BCUT2D eigenvalue weighted by atomic mass is 10.1. The Labute approximate surface area is 115 Å². The van der Waals surface area contributed by atoms with Gasteiger partial charge in [-0.05, 0) is 25.0 Å². The quantitative estimate of drug-likeness (QED) is 0.791. The maximum atomic E-state index is 13.1. The maximum Gasteiger partial charge on any atom is 0.306 e. The van der Waals surface area contributed by atoms with Crippen molar-refractivity contribution < 1.29 is 19.1 Å². The zero-order valence-electron chi connectivity index (χ0n) is 10.5. The molecule has 4 nitrogen and oxygen atoms in total. The molecule has 1 rings (SSSR count). The average molecular weight is 288 g/mol. The molecule has 19 heavy (non-hydrogen) atoms. The van der Waals surface area contributed by atoms with Gasteiger partial charge in [0.25, 0.3) is 5.91 Å². The van der Waals surface area contributed by atoms with Gasteiger partial charge in [-0.1, -0.05) is 24.6 Å². The van der Waals surface area contributed by atoms with E-state index in [1.165, 1.54) is 18.2 Å². The predicted octanol–water partition coefficient (Wildman–Crippen LogP) is 2.71. The number of halogens is 2. The molecule has 1 aromatic carbocycles. The van der Waals surface area contributed by atoms with Crippen molar-refractivity contribution >= 4 is 23.5 Å². The number of benzene rings is 1. The third-order valence-electron chi connectivity index (χ3n) is 2.72. The molecular weight excluding hydrogens is 273 g/mol. The van der Waals surface area contributed by atoms with E-state index in [2.05, 4.69) is 5.32 Å². The zero-order valence-corrected chi connectivity index (χ0v) is 11.2. The molecule has 1 unspecified atom stereocenters. The smallest absolute Gasteiger partial charge is 0.306 e. The van der Waals surface area contributed by atoms with E-state index in [4.69, 9.17) is 16.7 Å². The Kier molecular flexibility index (Phi) is 5.76. The molecule has 1 aromatic rings. The van der Waals surface area contributed by atoms with Crippen molar-refractivity contribution in [2.45, 2.75) is 19.8 Å². The van der Waals surface area contributed by atoms with Gasteiger partial charge in [0, 0.05) is 6.54 Å². The van der Waals surface area contributed by atoms with Crippen molar-refractivity contribution in [3.63, 3.8) is 0 Å². The molecule has 104 valence electrons. The van der Waals surface area contributed by atoms with Crippen LogP contribution in [0.3, 0.4) is 0 Å². The fraction of sp³-hybridized carbons (Fsp3) is 0.385. The Bertz CT molecular complexity index is 479. The number of rotatable bonds is 6. The van der Waals surface area contributed by atoms with Crippen LogP contribution in [-0.2, 0) is 4.79 Å². The molecule has 0 radical (unpaired) electrons. The Morgan fingerprint density at radius 3 is 2.79 bits per heavy atom. The predicted molar refractivity (Wildman–Crippen MR) is 69.8 cm³/mol. The van der Waals surface area contributed by atoms with Crippen LogP contribution in [-0.4, -0.2) is 23.5 Å². The van der Waals surface area contributed by atoms with E-state index in [0.717, 1.165) is 0 Å². The maximum absolute atomic E-state index is 13.1. The van der Waals surface area contributed by atoms with E-state index in [9.17, 15) is 14.0 Å². The molecule has 1 atom stereocenters. The summed E-state index contributed by atoms with van der Waals surface area (Å²) in [4.78, 5) is 22.3. The molecule has 0 heterocycles. The number of hydrogen-bond acceptors (Lipinski definition) is 2. The third kappa shape index (κ3) is 4.52. The zero-order chi connectivity index (χ0) is 14.4. The number of carboxylic acid groups (broad SMARTS) is 1. The Morgan fingerprint density at radius 1 is 1.47 bits per heavy atom. The minimum Gasteiger partial charge on any atom is -0.481 e. The summed E-state index contributed by atoms with van der Waals surface area (Å²) in [6.45, 7) is 1.93. The van der Waals surface area contributed by atoms with Crippen molar-refractivity contribution in [1.82, 2.24) is 5.32 Å². The topological polar surface area (TPSA) is 66.4 Å². The Morgan fingerprint density at radius 2 is 2.16 bits per heavy atom. The highest BCUT2D eigenvalue weighted by Crippen LogP contribution is 2.19. The van der Waals surface area contributed by atoms with E-state index < -0.39 is 23.6 Å². The molecule has 0 aliphatic carbocycles. The van der Waals surface area contributed by atoms with Gasteiger partial charge in [-0.2, -0.15) is 0 Å². The first-order valence-corrected chi connectivity index (χ1v) is 6.26. The van der Waals surface area contributed by atoms with Gasteiger partial charge in [0.1, 0.15) is 5.82 Å². The second kappa shape index (κ2) is 7.09. The first kappa shape index (κ1) is 15.4. The number of aliphatic carboxylic acids is 1. The number of carbonyl (C=O) groups excluding carboxylic acids is 1. The SMILES string of the molecule is CC(CCCNC(=O)c1cccc(F)c1Cl)C(=O)O. The van der Waals surface area contributed by atoms with Crippen LogP contribution in [0.5, 0.6) is 0 Å². The van der Waals surface area contributed by atoms with E-state index in [0.29, 0.717) is 19.4 Å². The number of amides is 1. The standard InChI is InChI=1S/C13H15ClFNO3/c1-8(13(18)19)4-3-7-16-12(17)9-5-2-6-10(15)11(9)14/h2,5-6,8H,3-4,7H2,1H3,(H,16,17)(H,18,19). The van der Waals surface area contributed by atoms with Gasteiger partial charge in [0.05, 0.1) is 16.5 Å². The van der Waals surface area contributed by atoms with Crippen molar-refractivity contribution in [3.8, 4) is 0 Å². The summed E-state index contributed by atoms with van der Waals surface area (Å²) in [6, 6.07) is 4.01. The molecular formula is C13H15ClFNO3. The van der Waals surface area contributed by atoms with E-state index in [-0.39, 0.29) is 10.6 Å². The van der Waals surface area contributed by atoms with Gasteiger partial charge >= 0.3 is 5.97 Å². The van der Waals surface area contributed by atoms with Crippen LogP contribution in [0.2, 0.25) is 5.02 Å². The minimum atomic E-state index is -0.862. The van der Waals surface area contributed by atoms with E-state index in [1.807, 2.05) is 0 Å². The van der Waals surface area contributed by atoms with Gasteiger partial charge < -0.3 is 10.4 Å². The van der Waals surface area contributed by atoms with Crippen LogP contribution in [0.1, 0.15) is 30.1 Å². The number of carbonyl (C=O) groups is 2. The molecule has 2 N–H and O–H groups in total. The lowest BCUT2D eigenvalue weighted by Gasteiger charge is -2.08. The summed E-state index contributed by atoms with van der Waals surface area (Å²) < 4.78 is 13.1. The summed E-state index contributed by atoms with van der Waals surface area (Å²) in [7, 11) is 0. The highest BCUT2D eigenvalue weighted by Gasteiger charge is 2.14. The molecule has 0 saturated heterocycles. The van der Waals surface area contributed by atoms with Crippen LogP contribution < -0.4 is 5.32 Å². The van der Waals surface area contributed by atoms with Crippen LogP contribution in [0.25, 0.3) is 0 Å². The van der Waals surface area contributed by atoms with Gasteiger partial charge in [-0.15, -0.1) is 0 Å². The number of hydrogen-bond donors (Lipinski definition) is 2. The fourth-order valence-electron chi connectivity index (χ4n) is 1.51. The average Bonchev–Trinajstić information content (AvgIpc) is 2.37. The first-order chi connectivity index (χ1) is 8.93. The van der Waals surface area contributed by atoms with Crippen molar-refractivity contribution in [3.05, 3.63) is 34.6 Å². The van der Waals surface area contributed by atoms with Gasteiger partial charge in [0.2, 0.25) is 0 Å². The Balaban J connectivity index is 2.44. The lowest BCUT2D eigenvalue weighted by molar-refractivity contribution is -0.141. The van der Waals surface area contributed by atoms with E-state index >= 15 is 0 Å². The second-order valence-corrected chi connectivity index (χ2v) is 4.62. The molecule has 0 aromatic heterocycles. The van der Waals surface area contributed by atoms with Crippen LogP contribution in [0.15, 0.2) is 18.2 Å². The van der Waals surface area contributed by atoms with Crippen molar-refractivity contribution in [1.29, 1.82) is 0 Å². The number of carboxylic acids is 1. The summed E-state index contributed by atoms with van der Waals surface area (Å²) in [5.41, 5.74) is 0.0768. The largest absolute Gasteiger partial charge is 0.481 e. The van der Waals surface area contributed by atoms with Crippen molar-refractivity contribution in [2.75, 3.05) is 6.54 Å². The Hall–Kier alpha value is -1.62. The molecule has 0 aliphatic rings. The molecule has 0 aliphatic heterocycles. The highest BCUT2D eigenvalue weighted by molar-refractivity contribution is 6.34. The molecule has 0 spiro atoms. The van der Waals surface area contributed by atoms with Crippen LogP contribution in [0.4, 0.5) is 4.39 Å². The third-order valence-corrected chi connectivity index (χ3v) is 3.10. The number of nitrogens with one attached hydrogen (secondary N) is 1. The minimum absolute atomic E-state index is 0.0768. The van der Waals surface area contributed by atoms with E-state index in [1.54, 1.807) is 6.92 Å². The molecule has 0 saturated carbocycles. The summed E-state index contributed by atoms with van der Waals surface area (Å²) in [5.74, 6) is -2.42. The molecule has 1 amide bonds. The van der Waals surface area contributed by atoms with Crippen LogP contribution >= 0.6 is 11.6 Å². The summed E-state index contributed by atoms with van der Waals surface area (Å²) >= 11 is 5.68. The first-order valence-electron chi connectivity index (χ1n) is 5.88. The summed E-state index contributed by atoms with van der Waals surface area (Å²) in [5, 5.41) is 11.1. The monoisotopic (exact) mass is 287 g/mol. The van der Waals surface area contributed by atoms with Crippen LogP contribution in [0, 0.1) is 11.7 Å². The molecule has 6 heteroatoms. The lowest BCUT2D eigenvalue weighted by Crippen LogP contribution is -2.25. The second-order valence-electron chi connectivity index (χ2n) is 4.24. The fourth-order valence-corrected chi connectivity index (χ4v) is 1.72. The molecule has 0 bridgehead atoms. The van der Waals surface area contributed by atoms with Gasteiger partial charge in [0.15, 0.2) is 0 Å². The highest BCUT2D eigenvalue weighted by atomic mass is 35.5. The molecule has 0 fully saturated rings. The van der Waals surface area contributed by atoms with Gasteiger partial charge in [-0.25, -0.2) is 4.39 Å². The van der Waals surface area contributed by atoms with Gasteiger partial charge in [-0.3, -0.25) is 9.59 Å².